The Labute approximate surface area is 106 Å². The van der Waals surface area contributed by atoms with Crippen LogP contribution in [0.4, 0.5) is 0 Å². The van der Waals surface area contributed by atoms with Crippen LogP contribution in [0.5, 0.6) is 5.75 Å². The lowest BCUT2D eigenvalue weighted by Gasteiger charge is -2.00. The molecule has 0 unspecified atom stereocenters. The van der Waals surface area contributed by atoms with Gasteiger partial charge >= 0.3 is 5.97 Å². The van der Waals surface area contributed by atoms with Crippen LogP contribution in [0.15, 0.2) is 54.1 Å². The molecule has 0 saturated heterocycles. The number of benzene rings is 1. The first-order chi connectivity index (χ1) is 8.49. The van der Waals surface area contributed by atoms with Gasteiger partial charge < -0.3 is 10.2 Å². The van der Waals surface area contributed by atoms with E-state index in [1.807, 2.05) is 25.1 Å². The minimum absolute atomic E-state index is 0.238. The molecule has 0 atom stereocenters. The van der Waals surface area contributed by atoms with Crippen molar-refractivity contribution < 1.29 is 15.0 Å². The Bertz CT molecular complexity index is 505. The van der Waals surface area contributed by atoms with Crippen molar-refractivity contribution in [2.24, 2.45) is 0 Å². The van der Waals surface area contributed by atoms with E-state index >= 15 is 0 Å². The van der Waals surface area contributed by atoms with E-state index in [0.717, 1.165) is 17.2 Å². The highest BCUT2D eigenvalue weighted by Crippen LogP contribution is 2.17. The lowest BCUT2D eigenvalue weighted by atomic mass is 10.1. The molecule has 3 heteroatoms. The molecular formula is C15H16O3. The zero-order valence-electron chi connectivity index (χ0n) is 10.4. The van der Waals surface area contributed by atoms with E-state index in [9.17, 15) is 9.90 Å². The molecule has 0 aliphatic rings. The number of phenols is 1. The topological polar surface area (TPSA) is 57.5 Å². The summed E-state index contributed by atoms with van der Waals surface area (Å²) in [6, 6.07) is 6.92. The maximum Gasteiger partial charge on any atom is 0.328 e. The monoisotopic (exact) mass is 244 g/mol. The average molecular weight is 244 g/mol. The second kappa shape index (κ2) is 6.45. The fourth-order valence-corrected chi connectivity index (χ4v) is 1.41. The Hall–Kier alpha value is -2.29. The Kier molecular flexibility index (Phi) is 4.93. The minimum atomic E-state index is -0.948. The van der Waals surface area contributed by atoms with E-state index < -0.39 is 5.97 Å². The predicted molar refractivity (Wildman–Crippen MR) is 72.3 cm³/mol. The quantitative estimate of drug-likeness (QED) is 0.630. The summed E-state index contributed by atoms with van der Waals surface area (Å²) in [5.41, 5.74) is 2.73. The molecule has 0 saturated carbocycles. The zero-order valence-corrected chi connectivity index (χ0v) is 10.4. The minimum Gasteiger partial charge on any atom is -0.508 e. The van der Waals surface area contributed by atoms with Gasteiger partial charge in [-0.2, -0.15) is 0 Å². The smallest absolute Gasteiger partial charge is 0.328 e. The van der Waals surface area contributed by atoms with Gasteiger partial charge in [0.2, 0.25) is 0 Å². The summed E-state index contributed by atoms with van der Waals surface area (Å²) in [4.78, 5) is 10.4. The predicted octanol–water partition coefficient (Wildman–Crippen LogP) is 3.38. The maximum absolute atomic E-state index is 10.4. The average Bonchev–Trinajstić information content (AvgIpc) is 2.28. The molecule has 1 aromatic carbocycles. The molecule has 0 amide bonds. The summed E-state index contributed by atoms with van der Waals surface area (Å²) in [5, 5.41) is 17.7. The number of hydrogen-bond donors (Lipinski definition) is 2. The van der Waals surface area contributed by atoms with Crippen LogP contribution in [0, 0.1) is 0 Å². The molecule has 3 nitrogen and oxygen atoms in total. The van der Waals surface area contributed by atoms with E-state index in [4.69, 9.17) is 5.11 Å². The lowest BCUT2D eigenvalue weighted by molar-refractivity contribution is -0.131. The number of rotatable bonds is 4. The van der Waals surface area contributed by atoms with Gasteiger partial charge in [0.1, 0.15) is 5.75 Å². The Morgan fingerprint density at radius 2 is 1.78 bits per heavy atom. The van der Waals surface area contributed by atoms with Gasteiger partial charge in [0.15, 0.2) is 0 Å². The Balaban J connectivity index is 2.76. The number of phenolic OH excluding ortho intramolecular Hbond substituents is 1. The van der Waals surface area contributed by atoms with Crippen LogP contribution in [0.1, 0.15) is 19.4 Å². The molecule has 0 radical (unpaired) electrons. The van der Waals surface area contributed by atoms with Crippen LogP contribution in [0.3, 0.4) is 0 Å². The van der Waals surface area contributed by atoms with Gasteiger partial charge in [-0.05, 0) is 42.7 Å². The third-order valence-electron chi connectivity index (χ3n) is 2.38. The van der Waals surface area contributed by atoms with Crippen molar-refractivity contribution in [2.75, 3.05) is 0 Å². The molecule has 0 heterocycles. The molecule has 2 N–H and O–H groups in total. The lowest BCUT2D eigenvalue weighted by Crippen LogP contribution is -1.87. The number of aromatic hydroxyl groups is 1. The third-order valence-corrected chi connectivity index (χ3v) is 2.38. The van der Waals surface area contributed by atoms with Crippen molar-refractivity contribution in [1.82, 2.24) is 0 Å². The first kappa shape index (κ1) is 13.8. The molecule has 18 heavy (non-hydrogen) atoms. The van der Waals surface area contributed by atoms with Crippen molar-refractivity contribution in [1.29, 1.82) is 0 Å². The number of hydrogen-bond acceptors (Lipinski definition) is 2. The number of aliphatic carboxylic acids is 1. The first-order valence-corrected chi connectivity index (χ1v) is 5.54. The molecule has 0 spiro atoms. The highest BCUT2D eigenvalue weighted by Gasteiger charge is 1.94. The third kappa shape index (κ3) is 4.70. The second-order valence-corrected chi connectivity index (χ2v) is 3.98. The molecule has 94 valence electrons. The molecule has 1 rings (SSSR count). The van der Waals surface area contributed by atoms with Gasteiger partial charge in [-0.25, -0.2) is 4.79 Å². The number of allylic oxidation sites excluding steroid dienone is 5. The van der Waals surface area contributed by atoms with Crippen molar-refractivity contribution in [3.8, 4) is 5.75 Å². The van der Waals surface area contributed by atoms with Crippen molar-refractivity contribution in [2.45, 2.75) is 13.8 Å². The van der Waals surface area contributed by atoms with E-state index in [-0.39, 0.29) is 5.75 Å². The zero-order chi connectivity index (χ0) is 13.5. The van der Waals surface area contributed by atoms with Gasteiger partial charge in [-0.3, -0.25) is 0 Å². The van der Waals surface area contributed by atoms with E-state index in [1.165, 1.54) is 0 Å². The highest BCUT2D eigenvalue weighted by atomic mass is 16.4. The summed E-state index contributed by atoms with van der Waals surface area (Å²) in [7, 11) is 0. The fraction of sp³-hybridized carbons (Fsp3) is 0.133. The maximum atomic E-state index is 10.4. The highest BCUT2D eigenvalue weighted by molar-refractivity contribution is 5.81. The van der Waals surface area contributed by atoms with Crippen molar-refractivity contribution >= 4 is 11.5 Å². The molecule has 0 aliphatic carbocycles. The summed E-state index contributed by atoms with van der Waals surface area (Å²) in [6.45, 7) is 3.68. The molecule has 0 bridgehead atoms. The van der Waals surface area contributed by atoms with Crippen LogP contribution >= 0.6 is 0 Å². The standard InChI is InChI=1S/C15H16O3/c1-11(10-15(17)18)4-3-5-12(2)13-6-8-14(16)9-7-13/h3-10,16H,1-2H3,(H,17,18)/b4-3+,11-10+,12-5-. The van der Waals surface area contributed by atoms with E-state index in [2.05, 4.69) is 0 Å². The SMILES string of the molecule is C/C(=C/C=C/C(C)=C/C(=O)O)c1ccc(O)cc1. The Morgan fingerprint density at radius 3 is 2.33 bits per heavy atom. The van der Waals surface area contributed by atoms with Crippen molar-refractivity contribution in [3.05, 3.63) is 59.7 Å². The number of carboxylic acids is 1. The van der Waals surface area contributed by atoms with Gasteiger partial charge in [-0.15, -0.1) is 0 Å². The summed E-state index contributed by atoms with van der Waals surface area (Å²) >= 11 is 0. The van der Waals surface area contributed by atoms with Gasteiger partial charge in [0.25, 0.3) is 0 Å². The van der Waals surface area contributed by atoms with Crippen LogP contribution in [-0.4, -0.2) is 16.2 Å². The normalized spacial score (nSPS) is 13.0. The summed E-state index contributed by atoms with van der Waals surface area (Å²) in [6.07, 6.45) is 6.58. The summed E-state index contributed by atoms with van der Waals surface area (Å²) in [5.74, 6) is -0.710. The van der Waals surface area contributed by atoms with Gasteiger partial charge in [-0.1, -0.05) is 30.4 Å². The fourth-order valence-electron chi connectivity index (χ4n) is 1.41. The molecule has 0 aromatic heterocycles. The molecule has 1 aromatic rings. The second-order valence-electron chi connectivity index (χ2n) is 3.98. The van der Waals surface area contributed by atoms with E-state index in [1.54, 1.807) is 31.2 Å². The van der Waals surface area contributed by atoms with Crippen LogP contribution in [0.2, 0.25) is 0 Å². The van der Waals surface area contributed by atoms with Crippen molar-refractivity contribution in [3.63, 3.8) is 0 Å². The Morgan fingerprint density at radius 1 is 1.17 bits per heavy atom. The van der Waals surface area contributed by atoms with Gasteiger partial charge in [0, 0.05) is 6.08 Å². The van der Waals surface area contributed by atoms with Crippen LogP contribution < -0.4 is 0 Å². The first-order valence-electron chi connectivity index (χ1n) is 5.54. The van der Waals surface area contributed by atoms with Crippen LogP contribution in [-0.2, 0) is 4.79 Å². The summed E-state index contributed by atoms with van der Waals surface area (Å²) < 4.78 is 0. The number of carboxylic acid groups (broad SMARTS) is 1. The van der Waals surface area contributed by atoms with Crippen LogP contribution in [0.25, 0.3) is 5.57 Å². The molecular weight excluding hydrogens is 228 g/mol. The number of carbonyl (C=O) groups is 1. The largest absolute Gasteiger partial charge is 0.508 e. The van der Waals surface area contributed by atoms with E-state index in [0.29, 0.717) is 5.57 Å². The molecule has 0 aliphatic heterocycles. The van der Waals surface area contributed by atoms with Gasteiger partial charge in [0.05, 0.1) is 0 Å². The molecule has 0 fully saturated rings.